The number of allylic oxidation sites excluding steroid dienone is 2. The van der Waals surface area contributed by atoms with Gasteiger partial charge in [-0.05, 0) is 5.92 Å². The molecule has 0 saturated carbocycles. The van der Waals surface area contributed by atoms with Crippen molar-refractivity contribution in [3.63, 3.8) is 0 Å². The molecule has 10 heavy (non-hydrogen) atoms. The monoisotopic (exact) mass is 137 g/mol. The van der Waals surface area contributed by atoms with Gasteiger partial charge in [-0.1, -0.05) is 31.2 Å². The van der Waals surface area contributed by atoms with Crippen LogP contribution in [-0.2, 0) is 4.79 Å². The van der Waals surface area contributed by atoms with Crippen molar-refractivity contribution in [3.8, 4) is 0 Å². The van der Waals surface area contributed by atoms with Crippen LogP contribution >= 0.6 is 0 Å². The molecule has 1 aliphatic carbocycles. The molecule has 0 atom stereocenters. The number of hydrogen-bond donors (Lipinski definition) is 1. The molecule has 2 heteroatoms. The van der Waals surface area contributed by atoms with E-state index >= 15 is 0 Å². The molecule has 0 aromatic carbocycles. The zero-order valence-electron chi connectivity index (χ0n) is 5.95. The fourth-order valence-electron chi connectivity index (χ4n) is 0.908. The van der Waals surface area contributed by atoms with E-state index in [9.17, 15) is 4.79 Å². The SMILES string of the molecule is CC1C=CC(C(N)=O)C=C1. The first-order valence-electron chi connectivity index (χ1n) is 3.36. The second kappa shape index (κ2) is 2.69. The topological polar surface area (TPSA) is 43.1 Å². The van der Waals surface area contributed by atoms with Gasteiger partial charge >= 0.3 is 0 Å². The number of hydrogen-bond acceptors (Lipinski definition) is 1. The van der Waals surface area contributed by atoms with Gasteiger partial charge in [0, 0.05) is 0 Å². The summed E-state index contributed by atoms with van der Waals surface area (Å²) in [4.78, 5) is 10.6. The van der Waals surface area contributed by atoms with Crippen LogP contribution in [0.25, 0.3) is 0 Å². The molecule has 1 aliphatic rings. The van der Waals surface area contributed by atoms with Crippen LogP contribution in [0, 0.1) is 11.8 Å². The van der Waals surface area contributed by atoms with Crippen molar-refractivity contribution in [2.45, 2.75) is 6.92 Å². The Morgan fingerprint density at radius 1 is 1.30 bits per heavy atom. The first kappa shape index (κ1) is 7.06. The van der Waals surface area contributed by atoms with Crippen LogP contribution < -0.4 is 5.73 Å². The molecule has 2 nitrogen and oxygen atoms in total. The molecule has 0 heterocycles. The molecule has 0 fully saturated rings. The van der Waals surface area contributed by atoms with E-state index in [0.717, 1.165) is 0 Å². The van der Waals surface area contributed by atoms with Crippen LogP contribution in [0.5, 0.6) is 0 Å². The molecular formula is C8H11NO. The normalized spacial score (nSPS) is 30.5. The van der Waals surface area contributed by atoms with E-state index < -0.39 is 0 Å². The minimum Gasteiger partial charge on any atom is -0.369 e. The van der Waals surface area contributed by atoms with Crippen molar-refractivity contribution in [2.75, 3.05) is 0 Å². The third-order valence-electron chi connectivity index (χ3n) is 1.57. The molecule has 0 aliphatic heterocycles. The minimum absolute atomic E-state index is 0.184. The minimum atomic E-state index is -0.278. The summed E-state index contributed by atoms with van der Waals surface area (Å²) >= 11 is 0. The van der Waals surface area contributed by atoms with Gasteiger partial charge in [-0.3, -0.25) is 4.79 Å². The van der Waals surface area contributed by atoms with Gasteiger partial charge in [-0.25, -0.2) is 0 Å². The standard InChI is InChI=1S/C8H11NO/c1-6-2-4-7(5-3-6)8(9)10/h2-7H,1H3,(H2,9,10). The second-order valence-corrected chi connectivity index (χ2v) is 2.56. The third-order valence-corrected chi connectivity index (χ3v) is 1.57. The van der Waals surface area contributed by atoms with Crippen molar-refractivity contribution in [1.82, 2.24) is 0 Å². The van der Waals surface area contributed by atoms with Gasteiger partial charge in [0.2, 0.25) is 5.91 Å². The molecule has 0 saturated heterocycles. The lowest BCUT2D eigenvalue weighted by molar-refractivity contribution is -0.119. The number of rotatable bonds is 1. The van der Waals surface area contributed by atoms with Crippen molar-refractivity contribution in [2.24, 2.45) is 17.6 Å². The summed E-state index contributed by atoms with van der Waals surface area (Å²) in [5.41, 5.74) is 5.07. The van der Waals surface area contributed by atoms with Crippen LogP contribution in [0.4, 0.5) is 0 Å². The first-order valence-corrected chi connectivity index (χ1v) is 3.36. The summed E-state index contributed by atoms with van der Waals surface area (Å²) in [5.74, 6) is -0.0220. The predicted octanol–water partition coefficient (Wildman–Crippen LogP) is 0.850. The Bertz CT molecular complexity index is 179. The van der Waals surface area contributed by atoms with Gasteiger partial charge < -0.3 is 5.73 Å². The zero-order chi connectivity index (χ0) is 7.56. The maximum absolute atomic E-state index is 10.6. The Morgan fingerprint density at radius 2 is 1.80 bits per heavy atom. The average molecular weight is 137 g/mol. The van der Waals surface area contributed by atoms with Gasteiger partial charge in [-0.2, -0.15) is 0 Å². The molecule has 0 aromatic rings. The number of primary amides is 1. The van der Waals surface area contributed by atoms with Crippen LogP contribution in [0.1, 0.15) is 6.92 Å². The van der Waals surface area contributed by atoms with E-state index in [-0.39, 0.29) is 11.8 Å². The van der Waals surface area contributed by atoms with Crippen molar-refractivity contribution in [1.29, 1.82) is 0 Å². The van der Waals surface area contributed by atoms with Gasteiger partial charge in [0.15, 0.2) is 0 Å². The van der Waals surface area contributed by atoms with Gasteiger partial charge in [0.1, 0.15) is 0 Å². The zero-order valence-corrected chi connectivity index (χ0v) is 5.95. The molecule has 0 bridgehead atoms. The quantitative estimate of drug-likeness (QED) is 0.535. The van der Waals surface area contributed by atoms with Crippen molar-refractivity contribution < 1.29 is 4.79 Å². The average Bonchev–Trinajstić information content (AvgIpc) is 1.88. The van der Waals surface area contributed by atoms with E-state index in [4.69, 9.17) is 5.73 Å². The van der Waals surface area contributed by atoms with Crippen LogP contribution in [-0.4, -0.2) is 5.91 Å². The number of nitrogens with two attached hydrogens (primary N) is 1. The van der Waals surface area contributed by atoms with Gasteiger partial charge in [-0.15, -0.1) is 0 Å². The van der Waals surface area contributed by atoms with E-state index in [0.29, 0.717) is 5.92 Å². The highest BCUT2D eigenvalue weighted by Gasteiger charge is 2.10. The lowest BCUT2D eigenvalue weighted by Gasteiger charge is -2.09. The summed E-state index contributed by atoms with van der Waals surface area (Å²) in [6.45, 7) is 2.06. The Kier molecular flexibility index (Phi) is 1.90. The van der Waals surface area contributed by atoms with E-state index in [1.165, 1.54) is 0 Å². The maximum atomic E-state index is 10.6. The molecule has 1 rings (SSSR count). The van der Waals surface area contributed by atoms with Crippen LogP contribution in [0.2, 0.25) is 0 Å². The van der Waals surface area contributed by atoms with Crippen molar-refractivity contribution in [3.05, 3.63) is 24.3 Å². The summed E-state index contributed by atoms with van der Waals surface area (Å²) < 4.78 is 0. The summed E-state index contributed by atoms with van der Waals surface area (Å²) in [6.07, 6.45) is 7.64. The highest BCUT2D eigenvalue weighted by atomic mass is 16.1. The Labute approximate surface area is 60.4 Å². The Morgan fingerprint density at radius 3 is 2.20 bits per heavy atom. The molecule has 54 valence electrons. The fraction of sp³-hybridized carbons (Fsp3) is 0.375. The summed E-state index contributed by atoms with van der Waals surface area (Å²) in [6, 6.07) is 0. The largest absolute Gasteiger partial charge is 0.369 e. The summed E-state index contributed by atoms with van der Waals surface area (Å²) in [7, 11) is 0. The van der Waals surface area contributed by atoms with Gasteiger partial charge in [0.05, 0.1) is 5.92 Å². The lowest BCUT2D eigenvalue weighted by Crippen LogP contribution is -2.21. The van der Waals surface area contributed by atoms with Crippen LogP contribution in [0.15, 0.2) is 24.3 Å². The van der Waals surface area contributed by atoms with Gasteiger partial charge in [0.25, 0.3) is 0 Å². The Hall–Kier alpha value is -1.05. The predicted molar refractivity (Wildman–Crippen MR) is 40.1 cm³/mol. The third kappa shape index (κ3) is 1.47. The smallest absolute Gasteiger partial charge is 0.228 e. The molecular weight excluding hydrogens is 126 g/mol. The second-order valence-electron chi connectivity index (χ2n) is 2.56. The molecule has 0 unspecified atom stereocenters. The first-order chi connectivity index (χ1) is 4.70. The summed E-state index contributed by atoms with van der Waals surface area (Å²) in [5, 5.41) is 0. The highest BCUT2D eigenvalue weighted by molar-refractivity contribution is 5.80. The molecule has 1 amide bonds. The Balaban J connectivity index is 2.62. The molecule has 2 N–H and O–H groups in total. The van der Waals surface area contributed by atoms with Crippen molar-refractivity contribution >= 4 is 5.91 Å². The van der Waals surface area contributed by atoms with Crippen LogP contribution in [0.3, 0.4) is 0 Å². The number of amides is 1. The van der Waals surface area contributed by atoms with E-state index in [1.807, 2.05) is 24.3 Å². The lowest BCUT2D eigenvalue weighted by atomic mass is 9.97. The number of carbonyl (C=O) groups is 1. The fourth-order valence-corrected chi connectivity index (χ4v) is 0.908. The van der Waals surface area contributed by atoms with E-state index in [2.05, 4.69) is 6.92 Å². The highest BCUT2D eigenvalue weighted by Crippen LogP contribution is 2.12. The van der Waals surface area contributed by atoms with E-state index in [1.54, 1.807) is 0 Å². The maximum Gasteiger partial charge on any atom is 0.228 e. The molecule has 0 spiro atoms. The molecule has 0 radical (unpaired) electrons. The molecule has 0 aromatic heterocycles. The number of carbonyl (C=O) groups excluding carboxylic acids is 1.